The van der Waals surface area contributed by atoms with Gasteiger partial charge in [-0.3, -0.25) is 0 Å². The molecular formula is C72H61N4OPt-3. The molecule has 0 fully saturated rings. The van der Waals surface area contributed by atoms with Crippen LogP contribution in [0.2, 0.25) is 0 Å². The molecule has 388 valence electrons. The normalized spacial score (nSPS) is 13.2. The number of pyridine rings is 1. The smallest absolute Gasteiger partial charge is 0.136 e. The van der Waals surface area contributed by atoms with E-state index in [1.54, 1.807) is 0 Å². The van der Waals surface area contributed by atoms with E-state index in [1.807, 2.05) is 42.5 Å². The number of fused-ring (bicyclic) bond motifs is 23. The number of rotatable bonds is 2. The van der Waals surface area contributed by atoms with Crippen LogP contribution in [0.1, 0.15) is 85.9 Å². The second-order valence-corrected chi connectivity index (χ2v) is 23.5. The van der Waals surface area contributed by atoms with Crippen molar-refractivity contribution < 1.29 is 32.3 Å². The molecule has 13 rings (SSSR count). The van der Waals surface area contributed by atoms with Gasteiger partial charge in [0.2, 0.25) is 0 Å². The Kier molecular flexibility index (Phi) is 11.0. The van der Waals surface area contributed by atoms with Crippen LogP contribution in [-0.2, 0) is 37.3 Å². The van der Waals surface area contributed by atoms with E-state index in [2.05, 4.69) is 222 Å². The zero-order chi connectivity index (χ0) is 57.3. The molecule has 6 heteroatoms. The maximum atomic E-state index is 8.91. The Morgan fingerprint density at radius 2 is 1.17 bits per heavy atom. The second kappa shape index (κ2) is 19.1. The van der Waals surface area contributed by atoms with Crippen molar-refractivity contribution >= 4 is 82.1 Å². The van der Waals surface area contributed by atoms with Gasteiger partial charge in [0.15, 0.2) is 0 Å². The molecule has 5 nitrogen and oxygen atoms in total. The van der Waals surface area contributed by atoms with Gasteiger partial charge in [-0.2, -0.15) is 24.3 Å². The minimum atomic E-state index is -0.433. The van der Waals surface area contributed by atoms with Gasteiger partial charge in [0.1, 0.15) is 5.65 Å². The summed E-state index contributed by atoms with van der Waals surface area (Å²) in [4.78, 5) is 5.58. The fourth-order valence-corrected chi connectivity index (χ4v) is 10.9. The first-order valence-corrected chi connectivity index (χ1v) is 26.4. The molecule has 12 aromatic rings. The number of benzene rings is 9. The Bertz CT molecular complexity index is 4930. The molecule has 0 atom stereocenters. The molecule has 0 aliphatic carbocycles. The SMILES string of the molecule is [2H]c1c([2H])c([2H])c(-c2ccc3c(c2)c2ccc4[c-]c2n3c2cc(C(C)(C)C)cc(n2)c2cccc(c2)c2ccccc2c2cc(C(C)(C)C)cc(-c3cccc(C(C)(C)C)c3)c2n2[cH-]n(c3[c-]c(ccc3)o4)-c3ccccc3-2)c([2H])c1[2H].[Pt]. The van der Waals surface area contributed by atoms with Crippen molar-refractivity contribution in [2.75, 3.05) is 0 Å². The molecule has 0 saturated carbocycles. The first-order chi connectivity index (χ1) is 39.1. The molecule has 0 saturated heterocycles. The van der Waals surface area contributed by atoms with E-state index in [-0.39, 0.29) is 67.0 Å². The van der Waals surface area contributed by atoms with Gasteiger partial charge in [0.05, 0.1) is 12.4 Å². The van der Waals surface area contributed by atoms with Gasteiger partial charge < -0.3 is 18.0 Å². The molecule has 0 spiro atoms. The molecule has 0 N–H and O–H groups in total. The number of aromatic nitrogens is 4. The van der Waals surface area contributed by atoms with E-state index >= 15 is 0 Å². The van der Waals surface area contributed by atoms with E-state index in [9.17, 15) is 0 Å². The van der Waals surface area contributed by atoms with E-state index in [1.165, 1.54) is 11.1 Å². The summed E-state index contributed by atoms with van der Waals surface area (Å²) in [5.41, 5.74) is 13.6. The molecule has 3 aromatic heterocycles. The third-order valence-corrected chi connectivity index (χ3v) is 15.2. The van der Waals surface area contributed by atoms with Gasteiger partial charge in [0, 0.05) is 49.5 Å². The maximum Gasteiger partial charge on any atom is 0.136 e. The Labute approximate surface area is 477 Å². The predicted octanol–water partition coefficient (Wildman–Crippen LogP) is 19.4. The van der Waals surface area contributed by atoms with Gasteiger partial charge in [-0.15, -0.1) is 29.1 Å². The second-order valence-electron chi connectivity index (χ2n) is 23.5. The van der Waals surface area contributed by atoms with Crippen molar-refractivity contribution in [1.82, 2.24) is 18.5 Å². The van der Waals surface area contributed by atoms with E-state index < -0.39 is 6.04 Å². The maximum absolute atomic E-state index is 8.91. The Morgan fingerprint density at radius 1 is 0.487 bits per heavy atom. The predicted molar refractivity (Wildman–Crippen MR) is 324 cm³/mol. The van der Waals surface area contributed by atoms with E-state index in [0.717, 1.165) is 87.8 Å². The van der Waals surface area contributed by atoms with Crippen LogP contribution in [0.15, 0.2) is 211 Å². The summed E-state index contributed by atoms with van der Waals surface area (Å²) in [6.07, 6.45) is 2.19. The third kappa shape index (κ3) is 8.98. The van der Waals surface area contributed by atoms with Crippen molar-refractivity contribution in [1.29, 1.82) is 0 Å². The minimum Gasteiger partial charge on any atom is -0.510 e. The first kappa shape index (κ1) is 45.0. The van der Waals surface area contributed by atoms with Gasteiger partial charge in [-0.25, -0.2) is 4.98 Å². The Morgan fingerprint density at radius 3 is 1.94 bits per heavy atom. The fourth-order valence-electron chi connectivity index (χ4n) is 10.9. The number of para-hydroxylation sites is 2. The first-order valence-electron chi connectivity index (χ1n) is 28.9. The van der Waals surface area contributed by atoms with Crippen molar-refractivity contribution in [2.24, 2.45) is 0 Å². The van der Waals surface area contributed by atoms with Crippen LogP contribution in [0.5, 0.6) is 0 Å². The summed E-state index contributed by atoms with van der Waals surface area (Å²) in [5.74, 6) is 0. The average Bonchev–Trinajstić information content (AvgIpc) is 3.88. The minimum absolute atomic E-state index is 0. The Hall–Kier alpha value is -8.11. The number of nitrogens with zero attached hydrogens (tertiary/aromatic N) is 4. The molecule has 4 heterocycles. The summed E-state index contributed by atoms with van der Waals surface area (Å²) < 4.78 is 56.7. The van der Waals surface area contributed by atoms with Gasteiger partial charge >= 0.3 is 0 Å². The molecule has 1 aliphatic heterocycles. The zero-order valence-electron chi connectivity index (χ0n) is 50.3. The fraction of sp³-hybridized carbons (Fsp3) is 0.167. The summed E-state index contributed by atoms with van der Waals surface area (Å²) >= 11 is 0. The van der Waals surface area contributed by atoms with Crippen LogP contribution < -0.4 is 0 Å². The van der Waals surface area contributed by atoms with Crippen molar-refractivity contribution in [3.8, 4) is 33.6 Å². The number of imidazole rings is 1. The van der Waals surface area contributed by atoms with Crippen molar-refractivity contribution in [3.05, 3.63) is 235 Å². The largest absolute Gasteiger partial charge is 0.510 e. The number of hydrogen-bond acceptors (Lipinski definition) is 2. The molecule has 78 heavy (non-hydrogen) atoms. The summed E-state index contributed by atoms with van der Waals surface area (Å²) in [7, 11) is 0. The molecule has 0 amide bonds. The van der Waals surface area contributed by atoms with Crippen LogP contribution in [0.3, 0.4) is 0 Å². The van der Waals surface area contributed by atoms with Gasteiger partial charge in [-0.05, 0) is 123 Å². The number of hydrogen-bond donors (Lipinski definition) is 0. The topological polar surface area (TPSA) is 40.3 Å². The quantitative estimate of drug-likeness (QED) is 0.162. The molecule has 9 aromatic carbocycles. The average molecular weight is 1200 g/mol. The van der Waals surface area contributed by atoms with E-state index in [0.29, 0.717) is 27.9 Å². The van der Waals surface area contributed by atoms with Gasteiger partial charge in [-0.1, -0.05) is 213 Å². The van der Waals surface area contributed by atoms with Gasteiger partial charge in [0.25, 0.3) is 0 Å². The van der Waals surface area contributed by atoms with Crippen molar-refractivity contribution in [2.45, 2.75) is 78.6 Å². The zero-order valence-corrected chi connectivity index (χ0v) is 47.5. The molecule has 10 bridgehead atoms. The molecule has 0 radical (unpaired) electrons. The van der Waals surface area contributed by atoms with Crippen LogP contribution in [0, 0.1) is 12.1 Å². The standard InChI is InChI=1S/C72H61N4O.Pt/c1-70(2,3)51-25-18-23-49(37-51)60-39-52(71(4,5)6)40-62-58-29-14-13-28-57(58)48-22-17-24-50(36-48)63-41-53(72(7,8)9)42-68(73-63)76-64-35-32-47(46-20-11-10-12-21-46)38-61(64)59-34-33-56(44-67(59)76)77-55-27-19-26-54(43-55)74-45-75(69(60)62)66-31-16-15-30-65(66)74;/h10-42,45H,1-9H3;/q-3;/i10D,11D,12D,20D,21D;. The van der Waals surface area contributed by atoms with Crippen molar-refractivity contribution in [3.63, 3.8) is 0 Å². The van der Waals surface area contributed by atoms with Crippen LogP contribution in [-0.4, -0.2) is 18.5 Å². The summed E-state index contributed by atoms with van der Waals surface area (Å²) in [6.45, 7) is 20.3. The monoisotopic (exact) mass is 1200 g/mol. The third-order valence-electron chi connectivity index (χ3n) is 15.2. The molecule has 0 unspecified atom stereocenters. The molecule has 1 aliphatic rings. The van der Waals surface area contributed by atoms with Crippen LogP contribution in [0.25, 0.3) is 116 Å². The summed E-state index contributed by atoms with van der Waals surface area (Å²) in [6, 6.07) is 65.4. The van der Waals surface area contributed by atoms with Crippen LogP contribution >= 0.6 is 0 Å². The molecular weight excluding hydrogens is 1130 g/mol. The van der Waals surface area contributed by atoms with E-state index in [4.69, 9.17) is 16.3 Å². The summed E-state index contributed by atoms with van der Waals surface area (Å²) in [5, 5.41) is 6.84. The Balaban J connectivity index is 0.00000680. The van der Waals surface area contributed by atoms with Crippen LogP contribution in [0.4, 0.5) is 0 Å².